The van der Waals surface area contributed by atoms with E-state index in [1.165, 1.54) is 30.5 Å². The minimum Gasteiger partial charge on any atom is -0.324 e. The van der Waals surface area contributed by atoms with Crippen LogP contribution < -0.4 is 10.6 Å². The molecule has 5 nitrogen and oxygen atoms in total. The lowest BCUT2D eigenvalue weighted by Gasteiger charge is -2.10. The lowest BCUT2D eigenvalue weighted by Crippen LogP contribution is -2.15. The topological polar surface area (TPSA) is 66.9 Å². The number of nitrogens with one attached hydrogen (secondary N) is 2. The van der Waals surface area contributed by atoms with Gasteiger partial charge in [-0.15, -0.1) is 0 Å². The van der Waals surface area contributed by atoms with Gasteiger partial charge in [-0.1, -0.05) is 36.7 Å². The second-order valence-corrected chi connectivity index (χ2v) is 5.89. The molecule has 0 aliphatic rings. The molecule has 26 heavy (non-hydrogen) atoms. The van der Waals surface area contributed by atoms with E-state index in [0.717, 1.165) is 17.7 Å². The summed E-state index contributed by atoms with van der Waals surface area (Å²) in [5, 5.41) is 5.69. The van der Waals surface area contributed by atoms with Gasteiger partial charge in [0.15, 0.2) is 0 Å². The van der Waals surface area contributed by atoms with E-state index in [0.29, 0.717) is 11.6 Å². The number of para-hydroxylation sites is 1. The van der Waals surface area contributed by atoms with Gasteiger partial charge in [-0.3, -0.25) is 4.79 Å². The van der Waals surface area contributed by atoms with Gasteiger partial charge in [-0.2, -0.15) is 0 Å². The first kappa shape index (κ1) is 17.8. The number of halogens is 2. The van der Waals surface area contributed by atoms with Crippen molar-refractivity contribution in [2.75, 3.05) is 10.6 Å². The van der Waals surface area contributed by atoms with Crippen molar-refractivity contribution in [1.29, 1.82) is 0 Å². The third-order valence-corrected chi connectivity index (χ3v) is 4.00. The maximum Gasteiger partial charge on any atom is 0.274 e. The van der Waals surface area contributed by atoms with Crippen molar-refractivity contribution >= 4 is 34.8 Å². The monoisotopic (exact) mass is 370 g/mol. The number of anilines is 3. The Hall–Kier alpha value is -2.99. The molecule has 3 rings (SSSR count). The van der Waals surface area contributed by atoms with Crippen LogP contribution >= 0.6 is 11.6 Å². The van der Waals surface area contributed by atoms with E-state index in [4.69, 9.17) is 11.6 Å². The number of nitrogens with zero attached hydrogens (tertiary/aromatic N) is 2. The number of aryl methyl sites for hydroxylation is 1. The molecular formula is C19H16ClFN4O. The average Bonchev–Trinajstić information content (AvgIpc) is 2.65. The summed E-state index contributed by atoms with van der Waals surface area (Å²) in [5.74, 6) is -0.676. The third kappa shape index (κ3) is 4.15. The van der Waals surface area contributed by atoms with E-state index in [2.05, 4.69) is 27.5 Å². The normalized spacial score (nSPS) is 10.4. The van der Waals surface area contributed by atoms with Gasteiger partial charge in [0.05, 0.1) is 5.02 Å². The molecule has 0 fully saturated rings. The van der Waals surface area contributed by atoms with Crippen molar-refractivity contribution in [3.05, 3.63) is 76.8 Å². The zero-order valence-electron chi connectivity index (χ0n) is 14.0. The number of rotatable bonds is 5. The number of hydrogen-bond acceptors (Lipinski definition) is 4. The number of aromatic nitrogens is 2. The number of carbonyl (C=O) groups excluding carboxylic acids is 1. The number of hydrogen-bond donors (Lipinski definition) is 2. The molecule has 0 saturated carbocycles. The number of amides is 1. The molecule has 1 heterocycles. The van der Waals surface area contributed by atoms with E-state index in [9.17, 15) is 9.18 Å². The summed E-state index contributed by atoms with van der Waals surface area (Å²) < 4.78 is 13.2. The fraction of sp³-hybridized carbons (Fsp3) is 0.105. The third-order valence-electron chi connectivity index (χ3n) is 3.71. The summed E-state index contributed by atoms with van der Waals surface area (Å²) in [5.41, 5.74) is 2.56. The Morgan fingerprint density at radius 2 is 2.00 bits per heavy atom. The van der Waals surface area contributed by atoms with Gasteiger partial charge in [0.25, 0.3) is 5.91 Å². The summed E-state index contributed by atoms with van der Waals surface area (Å²) >= 11 is 5.73. The molecule has 0 saturated heterocycles. The standard InChI is InChI=1S/C19H16ClFN4O/c1-2-12-5-3-4-6-16(12)24-19-22-10-9-17(25-19)18(26)23-13-7-8-15(21)14(20)11-13/h3-11H,2H2,1H3,(H,23,26)(H,22,24,25). The first-order chi connectivity index (χ1) is 12.6. The van der Waals surface area contributed by atoms with Crippen LogP contribution in [0.15, 0.2) is 54.7 Å². The zero-order chi connectivity index (χ0) is 18.5. The molecule has 0 aliphatic carbocycles. The van der Waals surface area contributed by atoms with Gasteiger partial charge in [0.1, 0.15) is 11.5 Å². The summed E-state index contributed by atoms with van der Waals surface area (Å²) in [6.07, 6.45) is 2.35. The second-order valence-electron chi connectivity index (χ2n) is 5.48. The highest BCUT2D eigenvalue weighted by Gasteiger charge is 2.11. The lowest BCUT2D eigenvalue weighted by molar-refractivity contribution is 0.102. The molecule has 0 radical (unpaired) electrons. The Labute approximate surface area is 155 Å². The van der Waals surface area contributed by atoms with Crippen LogP contribution in [0.4, 0.5) is 21.7 Å². The van der Waals surface area contributed by atoms with Crippen molar-refractivity contribution in [3.8, 4) is 0 Å². The molecule has 0 unspecified atom stereocenters. The highest BCUT2D eigenvalue weighted by molar-refractivity contribution is 6.31. The molecule has 0 atom stereocenters. The minimum atomic E-state index is -0.548. The van der Waals surface area contributed by atoms with Gasteiger partial charge in [-0.05, 0) is 42.3 Å². The molecular weight excluding hydrogens is 355 g/mol. The SMILES string of the molecule is CCc1ccccc1Nc1nccc(C(=O)Nc2ccc(F)c(Cl)c2)n1. The molecule has 0 spiro atoms. The Morgan fingerprint density at radius 3 is 2.77 bits per heavy atom. The van der Waals surface area contributed by atoms with E-state index < -0.39 is 11.7 Å². The summed E-state index contributed by atoms with van der Waals surface area (Å²) in [4.78, 5) is 20.8. The molecule has 1 amide bonds. The Morgan fingerprint density at radius 1 is 1.19 bits per heavy atom. The smallest absolute Gasteiger partial charge is 0.274 e. The fourth-order valence-corrected chi connectivity index (χ4v) is 2.57. The summed E-state index contributed by atoms with van der Waals surface area (Å²) in [7, 11) is 0. The summed E-state index contributed by atoms with van der Waals surface area (Å²) in [6.45, 7) is 2.05. The second kappa shape index (κ2) is 7.93. The van der Waals surface area contributed by atoms with Crippen LogP contribution in [0.5, 0.6) is 0 Å². The van der Waals surface area contributed by atoms with E-state index in [1.54, 1.807) is 0 Å². The van der Waals surface area contributed by atoms with Crippen LogP contribution in [-0.2, 0) is 6.42 Å². The zero-order valence-corrected chi connectivity index (χ0v) is 14.7. The van der Waals surface area contributed by atoms with Crippen LogP contribution in [0.2, 0.25) is 5.02 Å². The highest BCUT2D eigenvalue weighted by Crippen LogP contribution is 2.21. The van der Waals surface area contributed by atoms with Crippen LogP contribution in [0.1, 0.15) is 23.0 Å². The maximum absolute atomic E-state index is 13.2. The molecule has 0 aliphatic heterocycles. The molecule has 7 heteroatoms. The quantitative estimate of drug-likeness (QED) is 0.675. The van der Waals surface area contributed by atoms with Crippen LogP contribution in [0, 0.1) is 5.82 Å². The van der Waals surface area contributed by atoms with Crippen molar-refractivity contribution in [1.82, 2.24) is 9.97 Å². The first-order valence-corrected chi connectivity index (χ1v) is 8.39. The van der Waals surface area contributed by atoms with Crippen LogP contribution in [0.25, 0.3) is 0 Å². The molecule has 2 N–H and O–H groups in total. The first-order valence-electron chi connectivity index (χ1n) is 8.01. The fourth-order valence-electron chi connectivity index (χ4n) is 2.39. The van der Waals surface area contributed by atoms with Gasteiger partial charge in [0.2, 0.25) is 5.95 Å². The van der Waals surface area contributed by atoms with Crippen molar-refractivity contribution in [2.24, 2.45) is 0 Å². The largest absolute Gasteiger partial charge is 0.324 e. The van der Waals surface area contributed by atoms with E-state index >= 15 is 0 Å². The molecule has 2 aromatic carbocycles. The Balaban J connectivity index is 1.78. The van der Waals surface area contributed by atoms with Gasteiger partial charge >= 0.3 is 0 Å². The highest BCUT2D eigenvalue weighted by atomic mass is 35.5. The predicted molar refractivity (Wildman–Crippen MR) is 100 cm³/mol. The van der Waals surface area contributed by atoms with Gasteiger partial charge in [-0.25, -0.2) is 14.4 Å². The Kier molecular flexibility index (Phi) is 5.43. The number of benzene rings is 2. The maximum atomic E-state index is 13.2. The van der Waals surface area contributed by atoms with E-state index in [-0.39, 0.29) is 10.7 Å². The van der Waals surface area contributed by atoms with Crippen molar-refractivity contribution < 1.29 is 9.18 Å². The molecule has 1 aromatic heterocycles. The van der Waals surface area contributed by atoms with Crippen LogP contribution in [0.3, 0.4) is 0 Å². The van der Waals surface area contributed by atoms with Crippen LogP contribution in [-0.4, -0.2) is 15.9 Å². The molecule has 132 valence electrons. The number of carbonyl (C=O) groups is 1. The van der Waals surface area contributed by atoms with Gasteiger partial charge in [0, 0.05) is 17.6 Å². The predicted octanol–water partition coefficient (Wildman–Crippen LogP) is 4.83. The lowest BCUT2D eigenvalue weighted by atomic mass is 10.1. The van der Waals surface area contributed by atoms with Crippen molar-refractivity contribution in [3.63, 3.8) is 0 Å². The average molecular weight is 371 g/mol. The van der Waals surface area contributed by atoms with E-state index in [1.807, 2.05) is 24.3 Å². The molecule has 0 bridgehead atoms. The molecule has 3 aromatic rings. The van der Waals surface area contributed by atoms with Crippen molar-refractivity contribution in [2.45, 2.75) is 13.3 Å². The minimum absolute atomic E-state index is 0.0657. The van der Waals surface area contributed by atoms with Gasteiger partial charge < -0.3 is 10.6 Å². The Bertz CT molecular complexity index is 948. The summed E-state index contributed by atoms with van der Waals surface area (Å²) in [6, 6.07) is 13.3.